The van der Waals surface area contributed by atoms with Crippen LogP contribution in [0.4, 0.5) is 11.4 Å². The van der Waals surface area contributed by atoms with Gasteiger partial charge in [-0.25, -0.2) is 0 Å². The number of nitrogens with zero attached hydrogens (tertiary/aromatic N) is 2. The summed E-state index contributed by atoms with van der Waals surface area (Å²) in [4.78, 5) is 20.5. The van der Waals surface area contributed by atoms with Crippen LogP contribution in [-0.4, -0.2) is 38.4 Å². The Balaban J connectivity index is 1.94. The summed E-state index contributed by atoms with van der Waals surface area (Å²) in [6.07, 6.45) is 0.417. The van der Waals surface area contributed by atoms with Crippen molar-refractivity contribution < 1.29 is 14.3 Å². The van der Waals surface area contributed by atoms with Crippen molar-refractivity contribution in [2.24, 2.45) is 4.99 Å². The standard InChI is InChI=1S/C26H27N3O3/c1-4-29-22-16-24(32-3)23(31-2)15-19(22)25(17-10-6-5-7-11-17)28-21(26(29)30)14-18-12-8-9-13-20(18)27/h5-13,15-16,21H,4,14,27H2,1-3H3. The van der Waals surface area contributed by atoms with Gasteiger partial charge in [0.1, 0.15) is 6.04 Å². The van der Waals surface area contributed by atoms with Crippen molar-refractivity contribution in [3.8, 4) is 11.5 Å². The quantitative estimate of drug-likeness (QED) is 0.599. The number of aliphatic imine (C=N–C) groups is 1. The van der Waals surface area contributed by atoms with E-state index in [1.165, 1.54) is 0 Å². The topological polar surface area (TPSA) is 77.2 Å². The Kier molecular flexibility index (Phi) is 6.12. The molecular formula is C26H27N3O3. The van der Waals surface area contributed by atoms with Gasteiger partial charge in [-0.15, -0.1) is 0 Å². The molecule has 1 heterocycles. The highest BCUT2D eigenvalue weighted by atomic mass is 16.5. The van der Waals surface area contributed by atoms with E-state index in [2.05, 4.69) is 0 Å². The Morgan fingerprint density at radius 3 is 2.28 bits per heavy atom. The zero-order valence-electron chi connectivity index (χ0n) is 18.5. The molecule has 0 aromatic heterocycles. The molecule has 0 saturated carbocycles. The van der Waals surface area contributed by atoms with Gasteiger partial charge in [0, 0.05) is 35.8 Å². The van der Waals surface area contributed by atoms with Crippen molar-refractivity contribution in [1.82, 2.24) is 0 Å². The molecule has 0 saturated heterocycles. The van der Waals surface area contributed by atoms with Gasteiger partial charge in [0.05, 0.1) is 25.6 Å². The van der Waals surface area contributed by atoms with Gasteiger partial charge in [-0.1, -0.05) is 48.5 Å². The number of amides is 1. The summed E-state index contributed by atoms with van der Waals surface area (Å²) in [7, 11) is 3.19. The molecule has 0 radical (unpaired) electrons. The van der Waals surface area contributed by atoms with Crippen LogP contribution < -0.4 is 20.1 Å². The van der Waals surface area contributed by atoms with Crippen LogP contribution in [0.2, 0.25) is 0 Å². The number of likely N-dealkylation sites (N-methyl/N-ethyl adjacent to an activating group) is 1. The van der Waals surface area contributed by atoms with E-state index < -0.39 is 6.04 Å². The normalized spacial score (nSPS) is 15.6. The minimum Gasteiger partial charge on any atom is -0.493 e. The number of anilines is 2. The summed E-state index contributed by atoms with van der Waals surface area (Å²) < 4.78 is 11.1. The van der Waals surface area contributed by atoms with Gasteiger partial charge in [0.25, 0.3) is 5.91 Å². The molecular weight excluding hydrogens is 402 g/mol. The van der Waals surface area contributed by atoms with Crippen molar-refractivity contribution >= 4 is 23.0 Å². The first-order valence-electron chi connectivity index (χ1n) is 10.6. The van der Waals surface area contributed by atoms with Crippen LogP contribution in [0.15, 0.2) is 71.7 Å². The maximum Gasteiger partial charge on any atom is 0.252 e. The molecule has 0 spiro atoms. The van der Waals surface area contributed by atoms with E-state index in [1.807, 2.05) is 73.7 Å². The zero-order chi connectivity index (χ0) is 22.7. The van der Waals surface area contributed by atoms with Crippen LogP contribution in [0.3, 0.4) is 0 Å². The predicted octanol–water partition coefficient (Wildman–Crippen LogP) is 4.10. The average Bonchev–Trinajstić information content (AvgIpc) is 2.94. The fourth-order valence-electron chi connectivity index (χ4n) is 4.07. The maximum absolute atomic E-state index is 13.7. The fourth-order valence-corrected chi connectivity index (χ4v) is 4.07. The summed E-state index contributed by atoms with van der Waals surface area (Å²) in [5.41, 5.74) is 11.0. The molecule has 1 aliphatic heterocycles. The Hall–Kier alpha value is -3.80. The Bertz CT molecular complexity index is 1160. The van der Waals surface area contributed by atoms with Crippen LogP contribution in [0, 0.1) is 0 Å². The zero-order valence-corrected chi connectivity index (χ0v) is 18.5. The molecule has 3 aromatic rings. The smallest absolute Gasteiger partial charge is 0.252 e. The number of methoxy groups -OCH3 is 2. The van der Waals surface area contributed by atoms with Gasteiger partial charge in [-0.05, 0) is 24.6 Å². The molecule has 4 rings (SSSR count). The van der Waals surface area contributed by atoms with Crippen molar-refractivity contribution in [2.45, 2.75) is 19.4 Å². The first kappa shape index (κ1) is 21.4. The number of benzodiazepines with no additional fused rings is 1. The molecule has 1 atom stereocenters. The maximum atomic E-state index is 13.7. The summed E-state index contributed by atoms with van der Waals surface area (Å²) in [6.45, 7) is 2.46. The lowest BCUT2D eigenvalue weighted by atomic mass is 9.99. The van der Waals surface area contributed by atoms with Crippen LogP contribution in [-0.2, 0) is 11.2 Å². The Morgan fingerprint density at radius 2 is 1.62 bits per heavy atom. The van der Waals surface area contributed by atoms with Gasteiger partial charge in [-0.3, -0.25) is 9.79 Å². The van der Waals surface area contributed by atoms with Gasteiger partial charge >= 0.3 is 0 Å². The van der Waals surface area contributed by atoms with Crippen LogP contribution in [0.1, 0.15) is 23.6 Å². The van der Waals surface area contributed by atoms with E-state index in [9.17, 15) is 4.79 Å². The highest BCUT2D eigenvalue weighted by molar-refractivity contribution is 6.20. The lowest BCUT2D eigenvalue weighted by Crippen LogP contribution is -2.39. The molecule has 6 heteroatoms. The molecule has 2 N–H and O–H groups in total. The number of para-hydroxylation sites is 1. The lowest BCUT2D eigenvalue weighted by molar-refractivity contribution is -0.119. The van der Waals surface area contributed by atoms with Crippen molar-refractivity contribution in [3.63, 3.8) is 0 Å². The number of hydrogen-bond donors (Lipinski definition) is 1. The minimum atomic E-state index is -0.612. The lowest BCUT2D eigenvalue weighted by Gasteiger charge is -2.25. The van der Waals surface area contributed by atoms with E-state index in [1.54, 1.807) is 19.1 Å². The molecule has 164 valence electrons. The third kappa shape index (κ3) is 3.91. The first-order valence-corrected chi connectivity index (χ1v) is 10.6. The van der Waals surface area contributed by atoms with E-state index in [0.29, 0.717) is 30.2 Å². The van der Waals surface area contributed by atoms with Crippen molar-refractivity contribution in [1.29, 1.82) is 0 Å². The second-order valence-electron chi connectivity index (χ2n) is 7.57. The molecule has 1 unspecified atom stereocenters. The second-order valence-corrected chi connectivity index (χ2v) is 7.57. The molecule has 32 heavy (non-hydrogen) atoms. The molecule has 0 bridgehead atoms. The molecule has 1 aliphatic rings. The summed E-state index contributed by atoms with van der Waals surface area (Å²) >= 11 is 0. The predicted molar refractivity (Wildman–Crippen MR) is 128 cm³/mol. The van der Waals surface area contributed by atoms with E-state index >= 15 is 0 Å². The number of fused-ring (bicyclic) bond motifs is 1. The third-order valence-corrected chi connectivity index (χ3v) is 5.72. The van der Waals surface area contributed by atoms with Gasteiger partial charge in [-0.2, -0.15) is 0 Å². The number of nitrogen functional groups attached to an aromatic ring is 1. The number of nitrogens with two attached hydrogens (primary N) is 1. The third-order valence-electron chi connectivity index (χ3n) is 5.72. The SMILES string of the molecule is CCN1C(=O)C(Cc2ccccc2N)N=C(c2ccccc2)c2cc(OC)c(OC)cc21. The minimum absolute atomic E-state index is 0.0739. The first-order chi connectivity index (χ1) is 15.6. The monoisotopic (exact) mass is 429 g/mol. The summed E-state index contributed by atoms with van der Waals surface area (Å²) in [5, 5.41) is 0. The van der Waals surface area contributed by atoms with Crippen LogP contribution in [0.5, 0.6) is 11.5 Å². The number of hydrogen-bond acceptors (Lipinski definition) is 5. The summed E-state index contributed by atoms with van der Waals surface area (Å²) in [6, 6.07) is 20.6. The number of carbonyl (C=O) groups is 1. The highest BCUT2D eigenvalue weighted by Gasteiger charge is 2.33. The second kappa shape index (κ2) is 9.14. The number of rotatable bonds is 6. The number of benzene rings is 3. The van der Waals surface area contributed by atoms with Gasteiger partial charge < -0.3 is 20.1 Å². The van der Waals surface area contributed by atoms with Crippen LogP contribution in [0.25, 0.3) is 0 Å². The van der Waals surface area contributed by atoms with Crippen LogP contribution >= 0.6 is 0 Å². The van der Waals surface area contributed by atoms with Gasteiger partial charge in [0.15, 0.2) is 11.5 Å². The van der Waals surface area contributed by atoms with E-state index in [-0.39, 0.29) is 5.91 Å². The van der Waals surface area contributed by atoms with E-state index in [0.717, 1.165) is 28.1 Å². The average molecular weight is 430 g/mol. The largest absolute Gasteiger partial charge is 0.493 e. The van der Waals surface area contributed by atoms with Crippen molar-refractivity contribution in [2.75, 3.05) is 31.4 Å². The highest BCUT2D eigenvalue weighted by Crippen LogP contribution is 2.38. The fraction of sp³-hybridized carbons (Fsp3) is 0.231. The van der Waals surface area contributed by atoms with Crippen molar-refractivity contribution in [3.05, 3.63) is 83.4 Å². The molecule has 3 aromatic carbocycles. The molecule has 0 aliphatic carbocycles. The molecule has 0 fully saturated rings. The Morgan fingerprint density at radius 1 is 0.969 bits per heavy atom. The molecule has 1 amide bonds. The Labute approximate surface area is 188 Å². The molecule has 6 nitrogen and oxygen atoms in total. The number of carbonyl (C=O) groups excluding carboxylic acids is 1. The number of ether oxygens (including phenoxy) is 2. The van der Waals surface area contributed by atoms with E-state index in [4.69, 9.17) is 20.2 Å². The van der Waals surface area contributed by atoms with Gasteiger partial charge in [0.2, 0.25) is 0 Å². The summed E-state index contributed by atoms with van der Waals surface area (Å²) in [5.74, 6) is 1.08.